The zero-order valence-corrected chi connectivity index (χ0v) is 19.0. The van der Waals surface area contributed by atoms with E-state index in [0.717, 1.165) is 12.8 Å². The van der Waals surface area contributed by atoms with Crippen LogP contribution >= 0.6 is 0 Å². The number of likely N-dealkylation sites (N-methyl/N-ethyl adjacent to an activating group) is 1. The van der Waals surface area contributed by atoms with Gasteiger partial charge < -0.3 is 10.1 Å². The number of sulfone groups is 1. The summed E-state index contributed by atoms with van der Waals surface area (Å²) in [5.74, 6) is 0.115. The highest BCUT2D eigenvalue weighted by atomic mass is 32.2. The SMILES string of the molecule is CCOc1ccc(NC(=O)CN(C)C2CCS(=O)(=O)C2)cc1S(=O)(=O)N1CCCC1. The number of anilines is 1. The number of benzene rings is 1. The van der Waals surface area contributed by atoms with Crippen molar-refractivity contribution in [3.05, 3.63) is 18.2 Å². The third-order valence-electron chi connectivity index (χ3n) is 5.43. The lowest BCUT2D eigenvalue weighted by Gasteiger charge is -2.22. The predicted octanol–water partition coefficient (Wildman–Crippen LogP) is 0.927. The van der Waals surface area contributed by atoms with Crippen LogP contribution in [0.3, 0.4) is 0 Å². The normalized spacial score (nSPS) is 21.8. The lowest BCUT2D eigenvalue weighted by atomic mass is 10.2. The molecule has 168 valence electrons. The number of nitrogens with zero attached hydrogens (tertiary/aromatic N) is 2. The van der Waals surface area contributed by atoms with Crippen LogP contribution in [0.5, 0.6) is 5.75 Å². The molecule has 0 radical (unpaired) electrons. The lowest BCUT2D eigenvalue weighted by Crippen LogP contribution is -2.38. The summed E-state index contributed by atoms with van der Waals surface area (Å²) < 4.78 is 56.3. The number of sulfonamides is 1. The van der Waals surface area contributed by atoms with Crippen molar-refractivity contribution in [1.29, 1.82) is 0 Å². The number of ether oxygens (including phenoxy) is 1. The molecule has 1 amide bonds. The number of hydrogen-bond donors (Lipinski definition) is 1. The second-order valence-electron chi connectivity index (χ2n) is 7.73. The summed E-state index contributed by atoms with van der Waals surface area (Å²) in [4.78, 5) is 14.2. The Labute approximate surface area is 178 Å². The first-order valence-corrected chi connectivity index (χ1v) is 13.4. The fraction of sp³-hybridized carbons (Fsp3) is 0.632. The van der Waals surface area contributed by atoms with Crippen LogP contribution in [0.4, 0.5) is 5.69 Å². The topological polar surface area (TPSA) is 113 Å². The molecule has 2 fully saturated rings. The first-order chi connectivity index (χ1) is 14.1. The average molecular weight is 460 g/mol. The van der Waals surface area contributed by atoms with Crippen LogP contribution < -0.4 is 10.1 Å². The molecule has 2 saturated heterocycles. The largest absolute Gasteiger partial charge is 0.492 e. The Bertz CT molecular complexity index is 988. The van der Waals surface area contributed by atoms with Gasteiger partial charge in [-0.2, -0.15) is 4.31 Å². The van der Waals surface area contributed by atoms with Crippen molar-refractivity contribution < 1.29 is 26.4 Å². The standard InChI is InChI=1S/C19H29N3O6S2/c1-3-28-17-7-6-15(12-18(17)30(26,27)22-9-4-5-10-22)20-19(23)13-21(2)16-8-11-29(24,25)14-16/h6-7,12,16H,3-5,8-11,13-14H2,1-2H3,(H,20,23). The van der Waals surface area contributed by atoms with Gasteiger partial charge in [-0.1, -0.05) is 0 Å². The van der Waals surface area contributed by atoms with E-state index >= 15 is 0 Å². The minimum atomic E-state index is -3.72. The Kier molecular flexibility index (Phi) is 7.05. The molecule has 2 aliphatic rings. The maximum absolute atomic E-state index is 13.0. The van der Waals surface area contributed by atoms with Crippen molar-refractivity contribution in [3.63, 3.8) is 0 Å². The van der Waals surface area contributed by atoms with E-state index in [1.165, 1.54) is 10.4 Å². The van der Waals surface area contributed by atoms with E-state index in [4.69, 9.17) is 4.74 Å². The van der Waals surface area contributed by atoms with Gasteiger partial charge in [0.15, 0.2) is 9.84 Å². The smallest absolute Gasteiger partial charge is 0.246 e. The van der Waals surface area contributed by atoms with Gasteiger partial charge in [0.2, 0.25) is 15.9 Å². The van der Waals surface area contributed by atoms with Gasteiger partial charge in [0.05, 0.1) is 24.7 Å². The summed E-state index contributed by atoms with van der Waals surface area (Å²) in [7, 11) is -5.04. The van der Waals surface area contributed by atoms with Crippen molar-refractivity contribution in [3.8, 4) is 5.75 Å². The van der Waals surface area contributed by atoms with Gasteiger partial charge in [-0.05, 0) is 51.4 Å². The number of rotatable bonds is 8. The highest BCUT2D eigenvalue weighted by molar-refractivity contribution is 7.91. The molecule has 1 unspecified atom stereocenters. The van der Waals surface area contributed by atoms with Crippen molar-refractivity contribution in [1.82, 2.24) is 9.21 Å². The van der Waals surface area contributed by atoms with Gasteiger partial charge in [0, 0.05) is 24.8 Å². The molecule has 1 aromatic carbocycles. The second kappa shape index (κ2) is 9.21. The maximum atomic E-state index is 13.0. The van der Waals surface area contributed by atoms with Crippen molar-refractivity contribution in [2.45, 2.75) is 37.1 Å². The predicted molar refractivity (Wildman–Crippen MR) is 114 cm³/mol. The van der Waals surface area contributed by atoms with E-state index in [9.17, 15) is 21.6 Å². The molecular weight excluding hydrogens is 430 g/mol. The highest BCUT2D eigenvalue weighted by Gasteiger charge is 2.32. The van der Waals surface area contributed by atoms with Crippen molar-refractivity contribution in [2.75, 3.05) is 50.1 Å². The van der Waals surface area contributed by atoms with Gasteiger partial charge in [-0.25, -0.2) is 16.8 Å². The molecule has 9 nitrogen and oxygen atoms in total. The summed E-state index contributed by atoms with van der Waals surface area (Å²) in [6.45, 7) is 3.06. The number of hydrogen-bond acceptors (Lipinski definition) is 7. The number of nitrogens with one attached hydrogen (secondary N) is 1. The van der Waals surface area contributed by atoms with Crippen LogP contribution in [0, 0.1) is 0 Å². The molecule has 0 spiro atoms. The molecule has 2 aliphatic heterocycles. The Morgan fingerprint density at radius 1 is 1.30 bits per heavy atom. The van der Waals surface area contributed by atoms with Crippen LogP contribution in [-0.2, 0) is 24.7 Å². The fourth-order valence-electron chi connectivity index (χ4n) is 3.81. The zero-order valence-electron chi connectivity index (χ0n) is 17.3. The van der Waals surface area contributed by atoms with Crippen molar-refractivity contribution >= 4 is 31.5 Å². The monoisotopic (exact) mass is 459 g/mol. The Morgan fingerprint density at radius 3 is 2.60 bits per heavy atom. The molecule has 0 aromatic heterocycles. The highest BCUT2D eigenvalue weighted by Crippen LogP contribution is 2.31. The van der Waals surface area contributed by atoms with Crippen LogP contribution in [0.15, 0.2) is 23.1 Å². The van der Waals surface area contributed by atoms with Crippen LogP contribution in [-0.4, -0.2) is 82.8 Å². The number of carbonyl (C=O) groups excluding carboxylic acids is 1. The van der Waals surface area contributed by atoms with Crippen LogP contribution in [0.2, 0.25) is 0 Å². The minimum Gasteiger partial charge on any atom is -0.492 e. The lowest BCUT2D eigenvalue weighted by molar-refractivity contribution is -0.117. The molecule has 1 N–H and O–H groups in total. The van der Waals surface area contributed by atoms with E-state index < -0.39 is 19.9 Å². The summed E-state index contributed by atoms with van der Waals surface area (Å²) in [5, 5.41) is 2.72. The molecule has 1 atom stereocenters. The van der Waals surface area contributed by atoms with Crippen molar-refractivity contribution in [2.24, 2.45) is 0 Å². The average Bonchev–Trinajstić information content (AvgIpc) is 3.33. The van der Waals surface area contributed by atoms with E-state index in [1.54, 1.807) is 31.0 Å². The quantitative estimate of drug-likeness (QED) is 0.615. The van der Waals surface area contributed by atoms with Gasteiger partial charge in [0.25, 0.3) is 0 Å². The maximum Gasteiger partial charge on any atom is 0.246 e. The third-order valence-corrected chi connectivity index (χ3v) is 9.11. The molecule has 1 aromatic rings. The number of amides is 1. The van der Waals surface area contributed by atoms with E-state index in [0.29, 0.717) is 31.8 Å². The minimum absolute atomic E-state index is 0.0155. The molecule has 30 heavy (non-hydrogen) atoms. The molecular formula is C19H29N3O6S2. The van der Waals surface area contributed by atoms with Crippen LogP contribution in [0.1, 0.15) is 26.2 Å². The molecule has 11 heteroatoms. The Hall–Kier alpha value is -1.69. The molecule has 0 saturated carbocycles. The number of carbonyl (C=O) groups is 1. The molecule has 0 aliphatic carbocycles. The summed E-state index contributed by atoms with van der Waals surface area (Å²) in [6, 6.07) is 4.39. The molecule has 2 heterocycles. The van der Waals surface area contributed by atoms with E-state index in [-0.39, 0.29) is 40.6 Å². The second-order valence-corrected chi connectivity index (χ2v) is 11.9. The molecule has 3 rings (SSSR count). The fourth-order valence-corrected chi connectivity index (χ4v) is 7.29. The van der Waals surface area contributed by atoms with E-state index in [1.807, 2.05) is 0 Å². The van der Waals surface area contributed by atoms with Gasteiger partial charge in [-0.3, -0.25) is 9.69 Å². The first-order valence-electron chi connectivity index (χ1n) is 10.1. The zero-order chi connectivity index (χ0) is 21.9. The Balaban J connectivity index is 1.74. The summed E-state index contributed by atoms with van der Waals surface area (Å²) in [6.07, 6.45) is 2.15. The van der Waals surface area contributed by atoms with Gasteiger partial charge >= 0.3 is 0 Å². The first kappa shape index (κ1) is 23.0. The summed E-state index contributed by atoms with van der Waals surface area (Å²) >= 11 is 0. The third kappa shape index (κ3) is 5.32. The van der Waals surface area contributed by atoms with E-state index in [2.05, 4.69) is 5.32 Å². The Morgan fingerprint density at radius 2 is 2.00 bits per heavy atom. The summed E-state index contributed by atoms with van der Waals surface area (Å²) in [5.41, 5.74) is 0.355. The van der Waals surface area contributed by atoms with Crippen LogP contribution in [0.25, 0.3) is 0 Å². The van der Waals surface area contributed by atoms with Gasteiger partial charge in [-0.15, -0.1) is 0 Å². The van der Waals surface area contributed by atoms with Gasteiger partial charge in [0.1, 0.15) is 10.6 Å². The molecule has 0 bridgehead atoms.